The lowest BCUT2D eigenvalue weighted by Crippen LogP contribution is -2.21. The number of aromatic nitrogens is 4. The summed E-state index contributed by atoms with van der Waals surface area (Å²) >= 11 is 0. The first-order chi connectivity index (χ1) is 15.0. The van der Waals surface area contributed by atoms with Gasteiger partial charge in [0.05, 0.1) is 29.9 Å². The van der Waals surface area contributed by atoms with Crippen LogP contribution in [0.2, 0.25) is 0 Å². The Morgan fingerprint density at radius 3 is 2.69 bits per heavy atom. The predicted octanol–water partition coefficient (Wildman–Crippen LogP) is 3.81. The largest absolute Gasteiger partial charge is 0.489 e. The smallest absolute Gasteiger partial charge is 0.273 e. The highest BCUT2D eigenvalue weighted by molar-refractivity contribution is 5.98. The fourth-order valence-electron chi connectivity index (χ4n) is 2.73. The van der Waals surface area contributed by atoms with E-state index in [0.29, 0.717) is 17.1 Å². The van der Waals surface area contributed by atoms with Crippen LogP contribution in [-0.4, -0.2) is 39.0 Å². The van der Waals surface area contributed by atoms with Crippen LogP contribution in [0.25, 0.3) is 11.1 Å². The molecule has 2 N–H and O–H groups in total. The van der Waals surface area contributed by atoms with Gasteiger partial charge in [0.25, 0.3) is 5.91 Å². The van der Waals surface area contributed by atoms with Crippen LogP contribution >= 0.6 is 0 Å². The summed E-state index contributed by atoms with van der Waals surface area (Å²) in [4.78, 5) is 12.4. The van der Waals surface area contributed by atoms with Crippen molar-refractivity contribution in [1.82, 2.24) is 25.3 Å². The zero-order chi connectivity index (χ0) is 23.5. The minimum Gasteiger partial charge on any atom is -0.489 e. The molecule has 3 rings (SSSR count). The number of nitrogens with one attached hydrogen (secondary N) is 2. The summed E-state index contributed by atoms with van der Waals surface area (Å²) in [5.74, 6) is -0.293. The molecular formula is C21H26N6O2. The monoisotopic (exact) mass is 397 g/mol. The van der Waals surface area contributed by atoms with Gasteiger partial charge in [0.15, 0.2) is 5.69 Å². The van der Waals surface area contributed by atoms with E-state index >= 15 is 0 Å². The van der Waals surface area contributed by atoms with E-state index in [4.69, 9.17) is 8.85 Å². The van der Waals surface area contributed by atoms with E-state index < -0.39 is 12.9 Å². The van der Waals surface area contributed by atoms with Crippen LogP contribution in [0.3, 0.4) is 0 Å². The standard InChI is InChI=1S/C21H26N6O2/c1-13(2)27-12-16(11-24-27)15-6-7-17(19(10-15)29-14(3)4)25-18-8-9-23-26-20(18)21(28)22-5/h6-14H,1-5H3,(H,22,28)(H,23,25)/i5D3. The number of hydrogen-bond acceptors (Lipinski definition) is 6. The summed E-state index contributed by atoms with van der Waals surface area (Å²) in [6.07, 6.45) is 5.08. The van der Waals surface area contributed by atoms with Crippen molar-refractivity contribution in [3.8, 4) is 16.9 Å². The van der Waals surface area contributed by atoms with Gasteiger partial charge < -0.3 is 15.4 Å². The summed E-state index contributed by atoms with van der Waals surface area (Å²) < 4.78 is 29.6. The number of benzene rings is 1. The molecule has 0 aliphatic carbocycles. The second-order valence-electron chi connectivity index (χ2n) is 7.05. The van der Waals surface area contributed by atoms with Gasteiger partial charge >= 0.3 is 0 Å². The van der Waals surface area contributed by atoms with Crippen molar-refractivity contribution in [2.24, 2.45) is 0 Å². The highest BCUT2D eigenvalue weighted by Crippen LogP contribution is 2.34. The Bertz CT molecular complexity index is 1100. The molecule has 2 heterocycles. The highest BCUT2D eigenvalue weighted by atomic mass is 16.5. The molecule has 0 unspecified atom stereocenters. The Balaban J connectivity index is 1.95. The summed E-state index contributed by atoms with van der Waals surface area (Å²) in [6.45, 7) is 5.30. The number of amides is 1. The third kappa shape index (κ3) is 4.71. The number of carbonyl (C=O) groups is 1. The highest BCUT2D eigenvalue weighted by Gasteiger charge is 2.16. The number of rotatable bonds is 7. The minimum atomic E-state index is -2.64. The first-order valence-corrected chi connectivity index (χ1v) is 9.30. The third-order valence-electron chi connectivity index (χ3n) is 4.13. The van der Waals surface area contributed by atoms with E-state index in [-0.39, 0.29) is 17.8 Å². The van der Waals surface area contributed by atoms with E-state index in [1.165, 1.54) is 6.20 Å². The summed E-state index contributed by atoms with van der Waals surface area (Å²) in [5, 5.41) is 17.0. The minimum absolute atomic E-state index is 0.0990. The Hall–Kier alpha value is -3.42. The van der Waals surface area contributed by atoms with Crippen LogP contribution in [0.1, 0.15) is 48.3 Å². The normalized spacial score (nSPS) is 13.0. The summed E-state index contributed by atoms with van der Waals surface area (Å²) in [6, 6.07) is 7.41. The molecule has 8 nitrogen and oxygen atoms in total. The molecule has 29 heavy (non-hydrogen) atoms. The fraction of sp³-hybridized carbons (Fsp3) is 0.333. The number of carbonyl (C=O) groups excluding carboxylic acids is 1. The van der Waals surface area contributed by atoms with Crippen LogP contribution in [0.15, 0.2) is 42.9 Å². The van der Waals surface area contributed by atoms with Crippen molar-refractivity contribution in [3.05, 3.63) is 48.5 Å². The molecule has 0 atom stereocenters. The SMILES string of the molecule is [2H]C([2H])([2H])NC(=O)c1nnccc1Nc1ccc(-c2cnn(C(C)C)c2)cc1OC(C)C. The summed E-state index contributed by atoms with van der Waals surface area (Å²) in [7, 11) is 0. The van der Waals surface area contributed by atoms with E-state index in [9.17, 15) is 4.79 Å². The van der Waals surface area contributed by atoms with E-state index in [0.717, 1.165) is 11.1 Å². The van der Waals surface area contributed by atoms with E-state index in [2.05, 4.69) is 34.5 Å². The van der Waals surface area contributed by atoms with Crippen molar-refractivity contribution in [1.29, 1.82) is 0 Å². The second kappa shape index (κ2) is 8.72. The van der Waals surface area contributed by atoms with Gasteiger partial charge in [0.1, 0.15) is 5.75 Å². The lowest BCUT2D eigenvalue weighted by atomic mass is 10.1. The molecule has 0 spiro atoms. The van der Waals surface area contributed by atoms with E-state index in [1.807, 2.05) is 48.2 Å². The van der Waals surface area contributed by atoms with Gasteiger partial charge in [0.2, 0.25) is 0 Å². The first-order valence-electron chi connectivity index (χ1n) is 10.8. The summed E-state index contributed by atoms with van der Waals surface area (Å²) in [5.41, 5.74) is 2.63. The molecule has 3 aromatic rings. The fourth-order valence-corrected chi connectivity index (χ4v) is 2.73. The first kappa shape index (κ1) is 16.5. The molecule has 152 valence electrons. The maximum absolute atomic E-state index is 12.4. The van der Waals surface area contributed by atoms with E-state index in [1.54, 1.807) is 12.3 Å². The molecule has 0 fully saturated rings. The Morgan fingerprint density at radius 2 is 2.00 bits per heavy atom. The molecule has 0 saturated carbocycles. The third-order valence-corrected chi connectivity index (χ3v) is 4.13. The zero-order valence-corrected chi connectivity index (χ0v) is 16.8. The Labute approximate surface area is 174 Å². The lowest BCUT2D eigenvalue weighted by molar-refractivity contribution is 0.0958. The molecule has 8 heteroatoms. The molecule has 0 aliphatic rings. The molecule has 2 aromatic heterocycles. The molecule has 0 saturated heterocycles. The van der Waals surface area contributed by atoms with Crippen molar-refractivity contribution >= 4 is 17.3 Å². The zero-order valence-electron chi connectivity index (χ0n) is 19.8. The second-order valence-corrected chi connectivity index (χ2v) is 7.05. The molecule has 0 aliphatic heterocycles. The van der Waals surface area contributed by atoms with Gasteiger partial charge in [-0.15, -0.1) is 5.10 Å². The van der Waals surface area contributed by atoms with Crippen molar-refractivity contribution in [2.45, 2.75) is 39.8 Å². The number of ether oxygens (including phenoxy) is 1. The van der Waals surface area contributed by atoms with Crippen LogP contribution in [0.5, 0.6) is 5.75 Å². The maximum atomic E-state index is 12.4. The Morgan fingerprint density at radius 1 is 1.17 bits per heavy atom. The molecule has 0 radical (unpaired) electrons. The molecule has 1 amide bonds. The van der Waals surface area contributed by atoms with Gasteiger partial charge in [-0.1, -0.05) is 6.07 Å². The van der Waals surface area contributed by atoms with Crippen LogP contribution in [0, 0.1) is 0 Å². The van der Waals surface area contributed by atoms with Gasteiger partial charge in [0, 0.05) is 28.9 Å². The van der Waals surface area contributed by atoms with Crippen molar-refractivity contribution < 1.29 is 13.6 Å². The van der Waals surface area contributed by atoms with Gasteiger partial charge in [-0.25, -0.2) is 0 Å². The van der Waals surface area contributed by atoms with Gasteiger partial charge in [-0.2, -0.15) is 10.2 Å². The van der Waals surface area contributed by atoms with Gasteiger partial charge in [-0.05, 0) is 51.5 Å². The number of anilines is 2. The van der Waals surface area contributed by atoms with Crippen LogP contribution in [-0.2, 0) is 0 Å². The van der Waals surface area contributed by atoms with Gasteiger partial charge in [-0.3, -0.25) is 9.48 Å². The van der Waals surface area contributed by atoms with Crippen molar-refractivity contribution in [2.75, 3.05) is 12.3 Å². The van der Waals surface area contributed by atoms with Crippen LogP contribution < -0.4 is 15.4 Å². The number of hydrogen-bond donors (Lipinski definition) is 2. The molecule has 0 bridgehead atoms. The maximum Gasteiger partial charge on any atom is 0.273 e. The average molecular weight is 397 g/mol. The van der Waals surface area contributed by atoms with Crippen molar-refractivity contribution in [3.63, 3.8) is 0 Å². The lowest BCUT2D eigenvalue weighted by Gasteiger charge is -2.17. The topological polar surface area (TPSA) is 94.0 Å². The molecular weight excluding hydrogens is 368 g/mol. The van der Waals surface area contributed by atoms with Crippen LogP contribution in [0.4, 0.5) is 11.4 Å². The Kier molecular flexibility index (Phi) is 4.97. The predicted molar refractivity (Wildman–Crippen MR) is 113 cm³/mol. The average Bonchev–Trinajstić information content (AvgIpc) is 3.18. The number of nitrogens with zero attached hydrogens (tertiary/aromatic N) is 4. The molecule has 1 aromatic carbocycles. The quantitative estimate of drug-likeness (QED) is 0.630.